The summed E-state index contributed by atoms with van der Waals surface area (Å²) < 4.78 is 137. The van der Waals surface area contributed by atoms with Crippen molar-refractivity contribution in [3.05, 3.63) is 65.0 Å². The summed E-state index contributed by atoms with van der Waals surface area (Å²) in [4.78, 5) is 26.5. The van der Waals surface area contributed by atoms with Crippen LogP contribution < -0.4 is 0 Å². The van der Waals surface area contributed by atoms with Gasteiger partial charge < -0.3 is 10.0 Å². The monoisotopic (exact) mass is 667 g/mol. The van der Waals surface area contributed by atoms with E-state index in [4.69, 9.17) is 0 Å². The number of nitrogens with zero attached hydrogens (tertiary/aromatic N) is 1. The molecule has 45 heavy (non-hydrogen) atoms. The number of aliphatic carboxylic acids is 1. The van der Waals surface area contributed by atoms with E-state index in [2.05, 4.69) is 0 Å². The number of carbonyl (C=O) groups excluding carboxylic acids is 1. The quantitative estimate of drug-likeness (QED) is 0.286. The zero-order valence-corrected chi connectivity index (χ0v) is 24.6. The molecular weight excluding hydrogens is 638 g/mol. The number of hydrogen-bond donors (Lipinski definition) is 1. The molecule has 1 saturated heterocycles. The van der Waals surface area contributed by atoms with Gasteiger partial charge in [-0.15, -0.1) is 0 Å². The molecule has 3 aliphatic rings. The molecule has 0 radical (unpaired) electrons. The first-order chi connectivity index (χ1) is 20.7. The molecule has 1 saturated carbocycles. The summed E-state index contributed by atoms with van der Waals surface area (Å²) in [5.74, 6) is -2.84. The maximum Gasteiger partial charge on any atom is 0.435 e. The molecule has 2 fully saturated rings. The molecule has 2 aliphatic carbocycles. The van der Waals surface area contributed by atoms with Crippen molar-refractivity contribution >= 4 is 21.7 Å². The van der Waals surface area contributed by atoms with Gasteiger partial charge in [0, 0.05) is 17.5 Å². The Morgan fingerprint density at radius 2 is 1.47 bits per heavy atom. The smallest absolute Gasteiger partial charge is 0.435 e. The molecule has 0 unspecified atom stereocenters. The van der Waals surface area contributed by atoms with E-state index in [1.807, 2.05) is 0 Å². The molecule has 1 amide bonds. The summed E-state index contributed by atoms with van der Waals surface area (Å²) >= 11 is 0. The number of carboxylic acids is 1. The second kappa shape index (κ2) is 10.7. The molecule has 0 bridgehead atoms. The van der Waals surface area contributed by atoms with Crippen LogP contribution in [0.2, 0.25) is 0 Å². The molecule has 2 atom stereocenters. The second-order valence-electron chi connectivity index (χ2n) is 12.3. The summed E-state index contributed by atoms with van der Waals surface area (Å²) in [6, 6.07) is 4.06. The SMILES string of the molecule is C[C@]1(C(=O)N2CC[C@@]3(S(=O)(=O)c4ccc(F)cc4)c4ccc(C(F)(C(F)(F)F)C(F)(F)F)cc4CC[C@@H]23)CC[C@@H](C(=O)O)CC1. The summed E-state index contributed by atoms with van der Waals surface area (Å²) in [5, 5.41) is 9.38. The van der Waals surface area contributed by atoms with Gasteiger partial charge >= 0.3 is 24.0 Å². The fraction of sp³-hybridized carbons (Fsp3) is 0.533. The van der Waals surface area contributed by atoms with Gasteiger partial charge in [-0.1, -0.05) is 25.1 Å². The summed E-state index contributed by atoms with van der Waals surface area (Å²) in [6.07, 6.45) is -12.7. The molecule has 1 heterocycles. The van der Waals surface area contributed by atoms with Gasteiger partial charge in [-0.25, -0.2) is 17.2 Å². The third kappa shape index (κ3) is 4.91. The number of rotatable bonds is 5. The molecule has 0 spiro atoms. The predicted molar refractivity (Wildman–Crippen MR) is 143 cm³/mol. The highest BCUT2D eigenvalue weighted by atomic mass is 32.2. The Bertz CT molecular complexity index is 1600. The topological polar surface area (TPSA) is 91.8 Å². The van der Waals surface area contributed by atoms with Crippen LogP contribution in [-0.4, -0.2) is 55.2 Å². The number of hydrogen-bond acceptors (Lipinski definition) is 4. The Morgan fingerprint density at radius 3 is 2.00 bits per heavy atom. The van der Waals surface area contributed by atoms with E-state index in [-0.39, 0.29) is 73.6 Å². The zero-order valence-electron chi connectivity index (χ0n) is 23.8. The maximum absolute atomic E-state index is 15.0. The van der Waals surface area contributed by atoms with Crippen molar-refractivity contribution in [2.45, 2.75) is 85.6 Å². The highest BCUT2D eigenvalue weighted by Crippen LogP contribution is 2.57. The highest BCUT2D eigenvalue weighted by molar-refractivity contribution is 7.92. The Balaban J connectivity index is 1.64. The van der Waals surface area contributed by atoms with Gasteiger partial charge in [0.05, 0.1) is 16.9 Å². The second-order valence-corrected chi connectivity index (χ2v) is 14.6. The van der Waals surface area contributed by atoms with Crippen LogP contribution in [-0.2, 0) is 36.3 Å². The Morgan fingerprint density at radius 1 is 0.889 bits per heavy atom. The normalized spacial score (nSPS) is 27.5. The van der Waals surface area contributed by atoms with Crippen LogP contribution in [0.1, 0.15) is 62.1 Å². The lowest BCUT2D eigenvalue weighted by molar-refractivity contribution is -0.348. The minimum atomic E-state index is -6.37. The Labute approximate surface area is 253 Å². The maximum atomic E-state index is 15.0. The molecule has 1 N–H and O–H groups in total. The number of amides is 1. The standard InChI is InChI=1S/C30H29F8NO5S/c1-26(12-10-17(11-13-26)24(40)41)25(42)39-15-14-27(45(43,44)21-6-4-20(31)5-7-21)22-8-3-19(16-18(22)2-9-23(27)39)28(32,29(33,34)35)30(36,37)38/h3-8,16-17,23H,2,9-15H2,1H3,(H,40,41)/t17-,23-,26+,27-/m1/s1. The largest absolute Gasteiger partial charge is 0.481 e. The van der Waals surface area contributed by atoms with Crippen molar-refractivity contribution in [2.75, 3.05) is 6.54 Å². The van der Waals surface area contributed by atoms with Crippen LogP contribution in [0.15, 0.2) is 47.4 Å². The van der Waals surface area contributed by atoms with Crippen LogP contribution >= 0.6 is 0 Å². The number of alkyl halides is 7. The average molecular weight is 668 g/mol. The van der Waals surface area contributed by atoms with Crippen molar-refractivity contribution in [2.24, 2.45) is 11.3 Å². The van der Waals surface area contributed by atoms with Crippen molar-refractivity contribution in [1.29, 1.82) is 0 Å². The van der Waals surface area contributed by atoms with Crippen LogP contribution in [0.4, 0.5) is 35.1 Å². The van der Waals surface area contributed by atoms with E-state index in [1.165, 1.54) is 4.90 Å². The van der Waals surface area contributed by atoms with E-state index >= 15 is 4.39 Å². The first-order valence-corrected chi connectivity index (χ1v) is 15.7. The third-order valence-electron chi connectivity index (χ3n) is 9.88. The van der Waals surface area contributed by atoms with Gasteiger partial charge in [-0.3, -0.25) is 9.59 Å². The van der Waals surface area contributed by atoms with Crippen molar-refractivity contribution in [3.63, 3.8) is 0 Å². The molecule has 5 rings (SSSR count). The number of sulfone groups is 1. The number of aryl methyl sites for hydroxylation is 1. The summed E-state index contributed by atoms with van der Waals surface area (Å²) in [6.45, 7) is 1.52. The van der Waals surface area contributed by atoms with Crippen LogP contribution in [0.5, 0.6) is 0 Å². The van der Waals surface area contributed by atoms with Gasteiger partial charge in [0.1, 0.15) is 10.6 Å². The zero-order chi connectivity index (χ0) is 33.4. The van der Waals surface area contributed by atoms with Gasteiger partial charge in [0.25, 0.3) is 0 Å². The minimum absolute atomic E-state index is 0.138. The summed E-state index contributed by atoms with van der Waals surface area (Å²) in [5.41, 5.74) is -8.92. The molecule has 0 aromatic heterocycles. The molecule has 2 aromatic carbocycles. The number of halogens is 8. The van der Waals surface area contributed by atoms with E-state index in [0.29, 0.717) is 6.07 Å². The van der Waals surface area contributed by atoms with E-state index in [1.54, 1.807) is 6.92 Å². The first-order valence-electron chi connectivity index (χ1n) is 14.2. The minimum Gasteiger partial charge on any atom is -0.481 e. The first kappa shape index (κ1) is 33.1. The molecule has 1 aliphatic heterocycles. The molecular formula is C30H29F8NO5S. The lowest BCUT2D eigenvalue weighted by Gasteiger charge is -2.45. The van der Waals surface area contributed by atoms with E-state index < -0.39 is 73.2 Å². The average Bonchev–Trinajstić information content (AvgIpc) is 3.37. The fourth-order valence-electron chi connectivity index (χ4n) is 7.36. The van der Waals surface area contributed by atoms with Crippen LogP contribution in [0.3, 0.4) is 0 Å². The van der Waals surface area contributed by atoms with Gasteiger partial charge in [0.2, 0.25) is 5.91 Å². The number of likely N-dealkylation sites (tertiary alicyclic amines) is 1. The number of fused-ring (bicyclic) bond motifs is 3. The van der Waals surface area contributed by atoms with Crippen molar-refractivity contribution in [1.82, 2.24) is 4.90 Å². The third-order valence-corrected chi connectivity index (χ3v) is 12.4. The molecule has 15 heteroatoms. The van der Waals surface area contributed by atoms with Crippen LogP contribution in [0, 0.1) is 17.2 Å². The van der Waals surface area contributed by atoms with Gasteiger partial charge in [-0.2, -0.15) is 26.3 Å². The highest BCUT2D eigenvalue weighted by Gasteiger charge is 2.74. The number of carbonyl (C=O) groups is 2. The predicted octanol–water partition coefficient (Wildman–Crippen LogP) is 6.61. The van der Waals surface area contributed by atoms with Gasteiger partial charge in [-0.05, 0) is 80.3 Å². The molecule has 2 aromatic rings. The summed E-state index contributed by atoms with van der Waals surface area (Å²) in [7, 11) is -4.61. The fourth-order valence-corrected chi connectivity index (χ4v) is 9.73. The van der Waals surface area contributed by atoms with Crippen LogP contribution in [0.25, 0.3) is 0 Å². The molecule has 246 valence electrons. The number of carboxylic acid groups (broad SMARTS) is 1. The van der Waals surface area contributed by atoms with Crippen molar-refractivity contribution < 1.29 is 58.2 Å². The lowest BCUT2D eigenvalue weighted by atomic mass is 9.70. The molecule has 6 nitrogen and oxygen atoms in total. The number of benzene rings is 2. The van der Waals surface area contributed by atoms with Gasteiger partial charge in [0.15, 0.2) is 9.84 Å². The Kier molecular flexibility index (Phi) is 7.85. The Hall–Kier alpha value is -3.23. The van der Waals surface area contributed by atoms with E-state index in [9.17, 15) is 53.8 Å². The van der Waals surface area contributed by atoms with E-state index in [0.717, 1.165) is 30.3 Å². The van der Waals surface area contributed by atoms with Crippen molar-refractivity contribution in [3.8, 4) is 0 Å². The lowest BCUT2D eigenvalue weighted by Crippen LogP contribution is -2.55.